The van der Waals surface area contributed by atoms with E-state index in [4.69, 9.17) is 16.3 Å². The number of thioether (sulfide) groups is 1. The number of thiazole rings is 1. The molecule has 0 fully saturated rings. The topological polar surface area (TPSA) is 81.0 Å². The van der Waals surface area contributed by atoms with Crippen LogP contribution in [0.2, 0.25) is 5.02 Å². The van der Waals surface area contributed by atoms with Crippen LogP contribution in [0, 0.1) is 0 Å². The summed E-state index contributed by atoms with van der Waals surface area (Å²) in [5, 5.41) is 0.558. The molecule has 0 atom stereocenters. The van der Waals surface area contributed by atoms with Gasteiger partial charge in [-0.3, -0.25) is 14.4 Å². The molecule has 4 rings (SSSR count). The number of benzene rings is 2. The Hall–Kier alpha value is -2.62. The molecule has 0 aliphatic carbocycles. The first-order valence-electron chi connectivity index (χ1n) is 10.4. The molecule has 172 valence electrons. The SMILES string of the molecule is CCOC(=O)Cn1c(=NC(=O)CSCC(=O)N2CCc3ccccc32)sc2cc(Cl)ccc21. The average Bonchev–Trinajstić information content (AvgIpc) is 3.35. The van der Waals surface area contributed by atoms with E-state index in [1.54, 1.807) is 34.6 Å². The summed E-state index contributed by atoms with van der Waals surface area (Å²) < 4.78 is 7.53. The minimum absolute atomic E-state index is 0.0216. The molecule has 2 aromatic carbocycles. The average molecular weight is 504 g/mol. The Morgan fingerprint density at radius 3 is 2.82 bits per heavy atom. The fourth-order valence-corrected chi connectivity index (χ4v) is 5.66. The van der Waals surface area contributed by atoms with E-state index >= 15 is 0 Å². The zero-order valence-electron chi connectivity index (χ0n) is 18.0. The third kappa shape index (κ3) is 5.48. The summed E-state index contributed by atoms with van der Waals surface area (Å²) in [6.45, 7) is 2.61. The summed E-state index contributed by atoms with van der Waals surface area (Å²) in [5.74, 6) is -0.542. The molecule has 1 aliphatic rings. The Morgan fingerprint density at radius 2 is 2.00 bits per heavy atom. The number of para-hydroxylation sites is 1. The third-order valence-electron chi connectivity index (χ3n) is 5.10. The van der Waals surface area contributed by atoms with Gasteiger partial charge in [-0.05, 0) is 43.2 Å². The van der Waals surface area contributed by atoms with Crippen LogP contribution in [-0.4, -0.2) is 47.0 Å². The highest BCUT2D eigenvalue weighted by Crippen LogP contribution is 2.28. The van der Waals surface area contributed by atoms with Crippen molar-refractivity contribution >= 4 is 68.4 Å². The van der Waals surface area contributed by atoms with E-state index in [9.17, 15) is 14.4 Å². The van der Waals surface area contributed by atoms with Crippen LogP contribution in [-0.2, 0) is 32.1 Å². The van der Waals surface area contributed by atoms with Crippen LogP contribution in [0.4, 0.5) is 5.69 Å². The molecular formula is C23H22ClN3O4S2. The van der Waals surface area contributed by atoms with Gasteiger partial charge in [0.25, 0.3) is 5.91 Å². The molecule has 2 heterocycles. The van der Waals surface area contributed by atoms with Gasteiger partial charge in [0.05, 0.1) is 28.3 Å². The van der Waals surface area contributed by atoms with Crippen LogP contribution in [0.25, 0.3) is 10.2 Å². The van der Waals surface area contributed by atoms with Gasteiger partial charge in [-0.15, -0.1) is 11.8 Å². The molecule has 0 bridgehead atoms. The number of amides is 2. The number of ether oxygens (including phenoxy) is 1. The second-order valence-corrected chi connectivity index (χ2v) is 9.74. The molecule has 0 spiro atoms. The zero-order chi connectivity index (χ0) is 23.4. The molecule has 3 aromatic rings. The standard InChI is InChI=1S/C23H22ClN3O4S2/c1-2-31-22(30)12-27-18-8-7-16(24)11-19(18)33-23(27)25-20(28)13-32-14-21(29)26-10-9-15-5-3-4-6-17(15)26/h3-8,11H,2,9-10,12-14H2,1H3. The number of rotatable bonds is 7. The molecule has 0 unspecified atom stereocenters. The van der Waals surface area contributed by atoms with E-state index in [1.807, 2.05) is 24.3 Å². The fourth-order valence-electron chi connectivity index (χ4n) is 3.66. The van der Waals surface area contributed by atoms with Crippen LogP contribution in [0.15, 0.2) is 47.5 Å². The van der Waals surface area contributed by atoms with Crippen molar-refractivity contribution in [3.05, 3.63) is 57.9 Å². The minimum atomic E-state index is -0.410. The molecule has 0 radical (unpaired) electrons. The Labute approximate surface area is 204 Å². The smallest absolute Gasteiger partial charge is 0.326 e. The lowest BCUT2D eigenvalue weighted by atomic mass is 10.2. The van der Waals surface area contributed by atoms with Crippen molar-refractivity contribution in [2.45, 2.75) is 19.9 Å². The fraction of sp³-hybridized carbons (Fsp3) is 0.304. The number of anilines is 1. The molecular weight excluding hydrogens is 482 g/mol. The molecule has 0 saturated carbocycles. The lowest BCUT2D eigenvalue weighted by Gasteiger charge is -2.16. The first kappa shape index (κ1) is 23.5. The molecule has 7 nitrogen and oxygen atoms in total. The van der Waals surface area contributed by atoms with Crippen LogP contribution in [0.3, 0.4) is 0 Å². The van der Waals surface area contributed by atoms with Gasteiger partial charge in [-0.2, -0.15) is 4.99 Å². The van der Waals surface area contributed by atoms with Crippen molar-refractivity contribution in [3.63, 3.8) is 0 Å². The minimum Gasteiger partial charge on any atom is -0.465 e. The lowest BCUT2D eigenvalue weighted by molar-refractivity contribution is -0.143. The molecule has 2 amide bonds. The third-order valence-corrected chi connectivity index (χ3v) is 7.28. The quantitative estimate of drug-likeness (QED) is 0.459. The largest absolute Gasteiger partial charge is 0.465 e. The van der Waals surface area contributed by atoms with Crippen molar-refractivity contribution < 1.29 is 19.1 Å². The van der Waals surface area contributed by atoms with Crippen molar-refractivity contribution in [2.24, 2.45) is 4.99 Å². The number of halogens is 1. The van der Waals surface area contributed by atoms with Gasteiger partial charge in [0, 0.05) is 17.3 Å². The Kier molecular flexibility index (Phi) is 7.52. The first-order valence-corrected chi connectivity index (χ1v) is 12.8. The number of hydrogen-bond donors (Lipinski definition) is 0. The number of nitrogens with zero attached hydrogens (tertiary/aromatic N) is 3. The van der Waals surface area contributed by atoms with Gasteiger partial charge >= 0.3 is 5.97 Å². The Morgan fingerprint density at radius 1 is 1.18 bits per heavy atom. The second-order valence-electron chi connectivity index (χ2n) is 7.31. The number of carbonyl (C=O) groups excluding carboxylic acids is 3. The van der Waals surface area contributed by atoms with Crippen LogP contribution >= 0.6 is 34.7 Å². The molecule has 0 N–H and O–H groups in total. The Balaban J connectivity index is 1.45. The number of hydrogen-bond acceptors (Lipinski definition) is 6. The van der Waals surface area contributed by atoms with Gasteiger partial charge in [-0.1, -0.05) is 41.1 Å². The van der Waals surface area contributed by atoms with E-state index in [2.05, 4.69) is 4.99 Å². The van der Waals surface area contributed by atoms with Crippen molar-refractivity contribution in [1.82, 2.24) is 4.57 Å². The molecule has 1 aliphatic heterocycles. The zero-order valence-corrected chi connectivity index (χ0v) is 20.3. The van der Waals surface area contributed by atoms with E-state index < -0.39 is 5.97 Å². The molecule has 33 heavy (non-hydrogen) atoms. The van der Waals surface area contributed by atoms with Crippen molar-refractivity contribution in [2.75, 3.05) is 29.6 Å². The lowest BCUT2D eigenvalue weighted by Crippen LogP contribution is -2.30. The first-order chi connectivity index (χ1) is 16.0. The van der Waals surface area contributed by atoms with Crippen LogP contribution < -0.4 is 9.70 Å². The monoisotopic (exact) mass is 503 g/mol. The van der Waals surface area contributed by atoms with E-state index in [0.29, 0.717) is 16.4 Å². The summed E-state index contributed by atoms with van der Waals surface area (Å²) in [4.78, 5) is 43.7. The van der Waals surface area contributed by atoms with E-state index in [-0.39, 0.29) is 36.5 Å². The maximum absolute atomic E-state index is 12.6. The van der Waals surface area contributed by atoms with Crippen LogP contribution in [0.5, 0.6) is 0 Å². The van der Waals surface area contributed by atoms with Gasteiger partial charge in [0.15, 0.2) is 4.80 Å². The summed E-state index contributed by atoms with van der Waals surface area (Å²) in [6.07, 6.45) is 0.845. The summed E-state index contributed by atoms with van der Waals surface area (Å²) >= 11 is 8.61. The molecule has 10 heteroatoms. The number of esters is 1. The van der Waals surface area contributed by atoms with Gasteiger partial charge in [-0.25, -0.2) is 0 Å². The molecule has 1 aromatic heterocycles. The highest BCUT2D eigenvalue weighted by molar-refractivity contribution is 8.00. The van der Waals surface area contributed by atoms with Gasteiger partial charge < -0.3 is 14.2 Å². The maximum Gasteiger partial charge on any atom is 0.326 e. The normalized spacial score (nSPS) is 13.4. The number of aromatic nitrogens is 1. The Bertz CT molecular complexity index is 1280. The maximum atomic E-state index is 12.6. The summed E-state index contributed by atoms with van der Waals surface area (Å²) in [7, 11) is 0. The summed E-state index contributed by atoms with van der Waals surface area (Å²) in [6, 6.07) is 13.2. The van der Waals surface area contributed by atoms with Gasteiger partial charge in [0.1, 0.15) is 6.54 Å². The number of fused-ring (bicyclic) bond motifs is 2. The van der Waals surface area contributed by atoms with E-state index in [0.717, 1.165) is 27.9 Å². The molecule has 0 saturated heterocycles. The van der Waals surface area contributed by atoms with E-state index in [1.165, 1.54) is 23.1 Å². The summed E-state index contributed by atoms with van der Waals surface area (Å²) in [5.41, 5.74) is 2.86. The predicted octanol–water partition coefficient (Wildman–Crippen LogP) is 3.67. The predicted molar refractivity (Wildman–Crippen MR) is 132 cm³/mol. The van der Waals surface area contributed by atoms with Crippen molar-refractivity contribution in [3.8, 4) is 0 Å². The number of carbonyl (C=O) groups is 3. The highest BCUT2D eigenvalue weighted by atomic mass is 35.5. The highest BCUT2D eigenvalue weighted by Gasteiger charge is 2.24. The second kappa shape index (κ2) is 10.5. The van der Waals surface area contributed by atoms with Crippen molar-refractivity contribution in [1.29, 1.82) is 0 Å². The van der Waals surface area contributed by atoms with Crippen LogP contribution in [0.1, 0.15) is 12.5 Å². The van der Waals surface area contributed by atoms with Gasteiger partial charge in [0.2, 0.25) is 5.91 Å².